The van der Waals surface area contributed by atoms with E-state index in [1.807, 2.05) is 29.3 Å². The van der Waals surface area contributed by atoms with Gasteiger partial charge in [0, 0.05) is 31.1 Å². The van der Waals surface area contributed by atoms with E-state index in [-0.39, 0.29) is 11.8 Å². The minimum atomic E-state index is -0.0258. The first kappa shape index (κ1) is 23.6. The molecule has 1 unspecified atom stereocenters. The Balaban J connectivity index is 1.44. The van der Waals surface area contributed by atoms with Gasteiger partial charge in [0.1, 0.15) is 0 Å². The van der Waals surface area contributed by atoms with Crippen molar-refractivity contribution in [3.8, 4) is 11.5 Å². The van der Waals surface area contributed by atoms with Gasteiger partial charge in [-0.15, -0.1) is 0 Å². The van der Waals surface area contributed by atoms with Gasteiger partial charge in [-0.05, 0) is 71.7 Å². The van der Waals surface area contributed by atoms with E-state index in [9.17, 15) is 4.79 Å². The van der Waals surface area contributed by atoms with Gasteiger partial charge in [-0.3, -0.25) is 14.6 Å². The normalized spacial score (nSPS) is 23.5. The number of allylic oxidation sites excluding steroid dienone is 5. The van der Waals surface area contributed by atoms with E-state index in [1.165, 1.54) is 5.57 Å². The predicted molar refractivity (Wildman–Crippen MR) is 137 cm³/mol. The number of benzene rings is 1. The highest BCUT2D eigenvalue weighted by Gasteiger charge is 2.29. The molecule has 0 bridgehead atoms. The second-order valence-electron chi connectivity index (χ2n) is 9.68. The maximum absolute atomic E-state index is 13.6. The Labute approximate surface area is 207 Å². The van der Waals surface area contributed by atoms with Gasteiger partial charge < -0.3 is 14.2 Å². The Hall–Kier alpha value is -3.09. The number of carbonyl (C=O) groups is 1. The van der Waals surface area contributed by atoms with Crippen LogP contribution in [0.2, 0.25) is 0 Å². The first-order chi connectivity index (χ1) is 17.0. The molecule has 1 aromatic carbocycles. The molecule has 0 spiro atoms. The summed E-state index contributed by atoms with van der Waals surface area (Å²) < 4.78 is 16.3. The smallest absolute Gasteiger partial charge is 0.255 e. The standard InChI is InChI=1S/C29H34N2O4/c1-19-5-7-26-20(2)13-23(21-9-11-30(12-10-21)24-17-35-18-24)16-31(26)29(32)15-25(19)22-6-8-27(33-3)28(14-22)34-4/h6-9,13-16,19,24H,5,10-12,17-18H2,1-4H3. The quantitative estimate of drug-likeness (QED) is 0.619. The number of rotatable bonds is 5. The summed E-state index contributed by atoms with van der Waals surface area (Å²) in [6.45, 7) is 7.92. The largest absolute Gasteiger partial charge is 0.493 e. The topological polar surface area (TPSA) is 51.2 Å². The van der Waals surface area contributed by atoms with Gasteiger partial charge >= 0.3 is 0 Å². The van der Waals surface area contributed by atoms with Crippen molar-refractivity contribution in [2.75, 3.05) is 40.5 Å². The molecule has 4 heterocycles. The van der Waals surface area contributed by atoms with Crippen LogP contribution in [0, 0.1) is 5.92 Å². The number of fused-ring (bicyclic) bond motifs is 1. The van der Waals surface area contributed by atoms with E-state index in [2.05, 4.69) is 37.0 Å². The fraction of sp³-hybridized carbons (Fsp3) is 0.414. The van der Waals surface area contributed by atoms with Gasteiger partial charge in [0.15, 0.2) is 11.5 Å². The molecule has 6 nitrogen and oxygen atoms in total. The highest BCUT2D eigenvalue weighted by molar-refractivity contribution is 5.98. The molecule has 0 N–H and O–H groups in total. The number of nitrogens with zero attached hydrogens (tertiary/aromatic N) is 2. The summed E-state index contributed by atoms with van der Waals surface area (Å²) in [5, 5.41) is 0. The van der Waals surface area contributed by atoms with Gasteiger partial charge in [-0.1, -0.05) is 25.1 Å². The van der Waals surface area contributed by atoms with Crippen molar-refractivity contribution in [2.24, 2.45) is 5.92 Å². The second-order valence-corrected chi connectivity index (χ2v) is 9.68. The summed E-state index contributed by atoms with van der Waals surface area (Å²) in [5.74, 6) is 1.50. The van der Waals surface area contributed by atoms with Gasteiger partial charge in [0.2, 0.25) is 0 Å². The van der Waals surface area contributed by atoms with Gasteiger partial charge in [-0.2, -0.15) is 0 Å². The summed E-state index contributed by atoms with van der Waals surface area (Å²) in [6.07, 6.45) is 12.4. The molecule has 1 aromatic rings. The van der Waals surface area contributed by atoms with E-state index >= 15 is 0 Å². The Kier molecular flexibility index (Phi) is 6.67. The maximum atomic E-state index is 13.6. The minimum absolute atomic E-state index is 0.0258. The van der Waals surface area contributed by atoms with E-state index in [4.69, 9.17) is 14.2 Å². The van der Waals surface area contributed by atoms with Crippen molar-refractivity contribution in [3.63, 3.8) is 0 Å². The lowest BCUT2D eigenvalue weighted by Gasteiger charge is -2.39. The summed E-state index contributed by atoms with van der Waals surface area (Å²) in [6, 6.07) is 6.40. The predicted octanol–water partition coefficient (Wildman–Crippen LogP) is 4.71. The maximum Gasteiger partial charge on any atom is 0.255 e. The molecule has 6 heteroatoms. The van der Waals surface area contributed by atoms with Crippen LogP contribution in [0.15, 0.2) is 71.1 Å². The van der Waals surface area contributed by atoms with Crippen molar-refractivity contribution in [2.45, 2.75) is 32.7 Å². The number of methoxy groups -OCH3 is 2. The average Bonchev–Trinajstić information content (AvgIpc) is 2.84. The van der Waals surface area contributed by atoms with Gasteiger partial charge in [0.25, 0.3) is 5.91 Å². The molecule has 0 aromatic heterocycles. The lowest BCUT2D eigenvalue weighted by Crippen LogP contribution is -2.50. The summed E-state index contributed by atoms with van der Waals surface area (Å²) in [5.41, 5.74) is 6.53. The molecule has 0 radical (unpaired) electrons. The second kappa shape index (κ2) is 9.88. The van der Waals surface area contributed by atoms with Crippen molar-refractivity contribution < 1.29 is 19.0 Å². The van der Waals surface area contributed by atoms with Crippen LogP contribution in [0.1, 0.15) is 32.3 Å². The Bertz CT molecular complexity index is 1170. The first-order valence-electron chi connectivity index (χ1n) is 12.4. The average molecular weight is 475 g/mol. The fourth-order valence-electron chi connectivity index (χ4n) is 5.22. The molecule has 1 amide bonds. The van der Waals surface area contributed by atoms with E-state index in [0.29, 0.717) is 17.5 Å². The number of amides is 1. The Morgan fingerprint density at radius 2 is 1.86 bits per heavy atom. The molecule has 1 fully saturated rings. The molecule has 35 heavy (non-hydrogen) atoms. The monoisotopic (exact) mass is 474 g/mol. The van der Waals surface area contributed by atoms with Crippen LogP contribution >= 0.6 is 0 Å². The number of carbonyl (C=O) groups excluding carboxylic acids is 1. The molecule has 1 atom stereocenters. The van der Waals surface area contributed by atoms with E-state index in [0.717, 1.165) is 67.1 Å². The van der Waals surface area contributed by atoms with Gasteiger partial charge in [-0.25, -0.2) is 0 Å². The third kappa shape index (κ3) is 4.60. The van der Waals surface area contributed by atoms with Gasteiger partial charge in [0.05, 0.1) is 33.5 Å². The van der Waals surface area contributed by atoms with Crippen LogP contribution in [-0.4, -0.2) is 62.3 Å². The highest BCUT2D eigenvalue weighted by Crippen LogP contribution is 2.37. The highest BCUT2D eigenvalue weighted by atomic mass is 16.5. The zero-order valence-corrected chi connectivity index (χ0v) is 21.0. The lowest BCUT2D eigenvalue weighted by atomic mass is 9.87. The van der Waals surface area contributed by atoms with E-state index in [1.54, 1.807) is 20.3 Å². The molecule has 4 aliphatic heterocycles. The molecule has 184 valence electrons. The number of ether oxygens (including phenoxy) is 3. The molecule has 5 rings (SSSR count). The van der Waals surface area contributed by atoms with Crippen molar-refractivity contribution >= 4 is 11.5 Å². The zero-order chi connectivity index (χ0) is 24.5. The van der Waals surface area contributed by atoms with Crippen LogP contribution in [-0.2, 0) is 9.53 Å². The summed E-state index contributed by atoms with van der Waals surface area (Å²) in [4.78, 5) is 17.9. The number of hydrogen-bond donors (Lipinski definition) is 0. The Morgan fingerprint density at radius 3 is 2.51 bits per heavy atom. The third-order valence-electron chi connectivity index (χ3n) is 7.48. The van der Waals surface area contributed by atoms with Crippen molar-refractivity contribution in [1.29, 1.82) is 0 Å². The van der Waals surface area contributed by atoms with Crippen LogP contribution in [0.5, 0.6) is 11.5 Å². The van der Waals surface area contributed by atoms with E-state index < -0.39 is 0 Å². The van der Waals surface area contributed by atoms with Crippen LogP contribution in [0.25, 0.3) is 5.57 Å². The Morgan fingerprint density at radius 1 is 1.06 bits per heavy atom. The molecule has 0 aliphatic carbocycles. The third-order valence-corrected chi connectivity index (χ3v) is 7.48. The van der Waals surface area contributed by atoms with Crippen molar-refractivity contribution in [3.05, 3.63) is 76.7 Å². The van der Waals surface area contributed by atoms with Crippen LogP contribution < -0.4 is 9.47 Å². The van der Waals surface area contributed by atoms with Crippen LogP contribution in [0.3, 0.4) is 0 Å². The fourth-order valence-corrected chi connectivity index (χ4v) is 5.22. The summed E-state index contributed by atoms with van der Waals surface area (Å²) >= 11 is 0. The molecule has 1 saturated heterocycles. The summed E-state index contributed by atoms with van der Waals surface area (Å²) in [7, 11) is 3.26. The minimum Gasteiger partial charge on any atom is -0.493 e. The molecule has 0 saturated carbocycles. The first-order valence-corrected chi connectivity index (χ1v) is 12.4. The SMILES string of the molecule is COc1ccc(C2=CC(=O)N3C=C(C4=CCN(C5COC5)CC4)C=C(C)C3=CCC2C)cc1OC. The zero-order valence-electron chi connectivity index (χ0n) is 21.0. The molecular weight excluding hydrogens is 440 g/mol. The molecule has 4 aliphatic rings. The van der Waals surface area contributed by atoms with Crippen molar-refractivity contribution in [1.82, 2.24) is 9.80 Å². The number of hydrogen-bond acceptors (Lipinski definition) is 5. The lowest BCUT2D eigenvalue weighted by molar-refractivity contribution is -0.122. The van der Waals surface area contributed by atoms with Crippen LogP contribution in [0.4, 0.5) is 0 Å². The molecular formula is C29H34N2O4.